The molecule has 0 bridgehead atoms. The van der Waals surface area contributed by atoms with E-state index >= 15 is 4.79 Å². The number of nitrogens with zero attached hydrogens (tertiary/aromatic N) is 4. The molecule has 3 aromatic rings. The van der Waals surface area contributed by atoms with E-state index in [2.05, 4.69) is 4.90 Å². The molecule has 2 amide bonds. The summed E-state index contributed by atoms with van der Waals surface area (Å²) in [5, 5.41) is 0.295. The Bertz CT molecular complexity index is 1880. The van der Waals surface area contributed by atoms with Crippen LogP contribution in [0.2, 0.25) is 5.02 Å². The minimum absolute atomic E-state index is 0.00349. The molecule has 0 aromatic heterocycles. The molecular weight excluding hydrogens is 684 g/mol. The third-order valence-electron chi connectivity index (χ3n) is 9.69. The van der Waals surface area contributed by atoms with Gasteiger partial charge in [0.05, 0.1) is 27.0 Å². The van der Waals surface area contributed by atoms with Crippen LogP contribution in [0.15, 0.2) is 59.5 Å². The van der Waals surface area contributed by atoms with Crippen LogP contribution in [0.25, 0.3) is 0 Å². The molecule has 0 aliphatic carbocycles. The number of halogens is 1. The van der Waals surface area contributed by atoms with Gasteiger partial charge in [0.1, 0.15) is 22.1 Å². The van der Waals surface area contributed by atoms with Crippen LogP contribution >= 0.6 is 11.6 Å². The number of carbonyl (C=O) groups excluding carboxylic acids is 2. The van der Waals surface area contributed by atoms with E-state index in [-0.39, 0.29) is 16.3 Å². The Balaban J connectivity index is 1.59. The van der Waals surface area contributed by atoms with Crippen molar-refractivity contribution in [3.05, 3.63) is 76.3 Å². The molecule has 268 valence electrons. The van der Waals surface area contributed by atoms with Crippen LogP contribution in [0.3, 0.4) is 0 Å². The summed E-state index contributed by atoms with van der Waals surface area (Å²) >= 11 is 6.66. The predicted octanol–water partition coefficient (Wildman–Crippen LogP) is 5.45. The van der Waals surface area contributed by atoms with E-state index < -0.39 is 33.8 Å². The summed E-state index contributed by atoms with van der Waals surface area (Å²) in [7, 11) is 2.87. The van der Waals surface area contributed by atoms with Crippen LogP contribution in [-0.2, 0) is 31.6 Å². The minimum Gasteiger partial charge on any atom is -0.497 e. The fraction of sp³-hybridized carbons (Fsp3) is 0.444. The summed E-state index contributed by atoms with van der Waals surface area (Å²) in [6, 6.07) is 14.7. The number of rotatable bonds is 10. The van der Waals surface area contributed by atoms with Crippen LogP contribution in [0.4, 0.5) is 10.5 Å². The fourth-order valence-corrected chi connectivity index (χ4v) is 9.11. The van der Waals surface area contributed by atoms with Gasteiger partial charge in [-0.25, -0.2) is 22.4 Å². The maximum absolute atomic E-state index is 15.5. The maximum Gasteiger partial charge on any atom is 0.410 e. The van der Waals surface area contributed by atoms with Gasteiger partial charge in [-0.1, -0.05) is 30.2 Å². The molecule has 3 aliphatic rings. The van der Waals surface area contributed by atoms with Crippen molar-refractivity contribution in [2.75, 3.05) is 59.4 Å². The molecule has 3 heterocycles. The monoisotopic (exact) mass is 726 g/mol. The van der Waals surface area contributed by atoms with Gasteiger partial charge in [-0.3, -0.25) is 9.69 Å². The second-order valence-corrected chi connectivity index (χ2v) is 15.1. The zero-order chi connectivity index (χ0) is 35.8. The molecule has 1 unspecified atom stereocenters. The van der Waals surface area contributed by atoms with Gasteiger partial charge in [0.2, 0.25) is 0 Å². The van der Waals surface area contributed by atoms with Gasteiger partial charge in [0.15, 0.2) is 11.8 Å². The molecule has 14 heteroatoms. The summed E-state index contributed by atoms with van der Waals surface area (Å²) in [6.45, 7) is 2.99. The van der Waals surface area contributed by atoms with E-state index in [0.29, 0.717) is 53.6 Å². The van der Waals surface area contributed by atoms with Gasteiger partial charge in [0.25, 0.3) is 15.9 Å². The molecule has 3 aromatic carbocycles. The first-order valence-corrected chi connectivity index (χ1v) is 18.5. The first-order chi connectivity index (χ1) is 24.0. The van der Waals surface area contributed by atoms with Crippen LogP contribution in [0.5, 0.6) is 17.2 Å². The van der Waals surface area contributed by atoms with Crippen molar-refractivity contribution in [3.63, 3.8) is 0 Å². The largest absolute Gasteiger partial charge is 0.497 e. The number of hydrogen-bond donors (Lipinski definition) is 0. The average molecular weight is 727 g/mol. The highest BCUT2D eigenvalue weighted by Gasteiger charge is 2.63. The smallest absolute Gasteiger partial charge is 0.410 e. The number of anilines is 1. The van der Waals surface area contributed by atoms with Crippen molar-refractivity contribution >= 4 is 39.3 Å². The molecule has 6 rings (SSSR count). The SMILES string of the molecule is COc1ccc(S(=O)(=O)N2C(=O)C(c3ccc(CN4CCCCC4)cc3OC)(N3CCC[C@@H]3OC(=O)N(C)C)c3cc(Cl)ccc32)c(OC)c1. The van der Waals surface area contributed by atoms with Gasteiger partial charge < -0.3 is 23.8 Å². The van der Waals surface area contributed by atoms with Crippen LogP contribution < -0.4 is 18.5 Å². The van der Waals surface area contributed by atoms with Crippen molar-refractivity contribution in [3.8, 4) is 17.2 Å². The molecular formula is C36H43ClN4O8S. The summed E-state index contributed by atoms with van der Waals surface area (Å²) < 4.78 is 53.2. The van der Waals surface area contributed by atoms with E-state index in [1.807, 2.05) is 18.2 Å². The third-order valence-corrected chi connectivity index (χ3v) is 11.7. The Morgan fingerprint density at radius 1 is 0.880 bits per heavy atom. The van der Waals surface area contributed by atoms with E-state index in [4.69, 9.17) is 30.5 Å². The van der Waals surface area contributed by atoms with Crippen molar-refractivity contribution in [2.45, 2.75) is 55.3 Å². The summed E-state index contributed by atoms with van der Waals surface area (Å²) in [4.78, 5) is 33.8. The van der Waals surface area contributed by atoms with Crippen LogP contribution in [0, 0.1) is 0 Å². The number of amides is 2. The zero-order valence-electron chi connectivity index (χ0n) is 29.0. The third kappa shape index (κ3) is 6.14. The zero-order valence-corrected chi connectivity index (χ0v) is 30.6. The quantitative estimate of drug-likeness (QED) is 0.267. The van der Waals surface area contributed by atoms with Gasteiger partial charge in [-0.15, -0.1) is 0 Å². The predicted molar refractivity (Wildman–Crippen MR) is 188 cm³/mol. The Morgan fingerprint density at radius 2 is 1.62 bits per heavy atom. The number of likely N-dealkylation sites (tertiary alicyclic amines) is 2. The number of benzene rings is 3. The number of methoxy groups -OCH3 is 3. The summed E-state index contributed by atoms with van der Waals surface area (Å²) in [6.07, 6.45) is 3.00. The normalized spacial score (nSPS) is 21.2. The highest BCUT2D eigenvalue weighted by molar-refractivity contribution is 7.93. The second-order valence-electron chi connectivity index (χ2n) is 12.9. The van der Waals surface area contributed by atoms with Gasteiger partial charge >= 0.3 is 6.09 Å². The van der Waals surface area contributed by atoms with E-state index in [0.717, 1.165) is 35.8 Å². The number of sulfonamides is 1. The fourth-order valence-electron chi connectivity index (χ4n) is 7.34. The van der Waals surface area contributed by atoms with Crippen molar-refractivity contribution in [1.29, 1.82) is 0 Å². The van der Waals surface area contributed by atoms with Gasteiger partial charge in [0, 0.05) is 49.4 Å². The Hall–Kier alpha value is -4.04. The van der Waals surface area contributed by atoms with E-state index in [1.54, 1.807) is 31.1 Å². The molecule has 2 saturated heterocycles. The molecule has 50 heavy (non-hydrogen) atoms. The molecule has 3 aliphatic heterocycles. The molecule has 12 nitrogen and oxygen atoms in total. The molecule has 0 spiro atoms. The summed E-state index contributed by atoms with van der Waals surface area (Å²) in [5.41, 5.74) is 0.00433. The number of hydrogen-bond acceptors (Lipinski definition) is 10. The van der Waals surface area contributed by atoms with Gasteiger partial charge in [-0.05, 0) is 80.7 Å². The minimum atomic E-state index is -4.62. The Morgan fingerprint density at radius 3 is 2.30 bits per heavy atom. The average Bonchev–Trinajstić information content (AvgIpc) is 3.67. The van der Waals surface area contributed by atoms with Crippen LogP contribution in [0.1, 0.15) is 48.8 Å². The number of fused-ring (bicyclic) bond motifs is 1. The van der Waals surface area contributed by atoms with Crippen molar-refractivity contribution in [1.82, 2.24) is 14.7 Å². The molecule has 0 saturated carbocycles. The van der Waals surface area contributed by atoms with Crippen molar-refractivity contribution in [2.24, 2.45) is 0 Å². The van der Waals surface area contributed by atoms with E-state index in [9.17, 15) is 13.2 Å². The Labute approximate surface area is 298 Å². The lowest BCUT2D eigenvalue weighted by molar-refractivity contribution is -0.132. The maximum atomic E-state index is 15.5. The Kier molecular flexibility index (Phi) is 10.2. The van der Waals surface area contributed by atoms with Gasteiger partial charge in [-0.2, -0.15) is 0 Å². The van der Waals surface area contributed by atoms with Crippen molar-refractivity contribution < 1.29 is 37.0 Å². The van der Waals surface area contributed by atoms with E-state index in [1.165, 1.54) is 56.9 Å². The number of carbonyl (C=O) groups is 2. The highest BCUT2D eigenvalue weighted by Crippen LogP contribution is 2.55. The summed E-state index contributed by atoms with van der Waals surface area (Å²) in [5.74, 6) is -0.0111. The second kappa shape index (κ2) is 14.3. The molecule has 0 radical (unpaired) electrons. The molecule has 2 atom stereocenters. The standard InChI is InChI=1S/C36H43ClN4O8S/c1-38(2)35(43)49-33-10-9-19-40(33)36(27-14-11-24(20-30(27)47-4)23-39-17-7-6-8-18-39)28-21-25(37)12-15-29(28)41(34(36)42)50(44,45)32-16-13-26(46-3)22-31(32)48-5/h11-16,20-22,33H,6-10,17-19,23H2,1-5H3/t33-,36?/m0/s1. The lowest BCUT2D eigenvalue weighted by Gasteiger charge is -2.41. The lowest BCUT2D eigenvalue weighted by Crippen LogP contribution is -2.57. The first kappa shape index (κ1) is 35.8. The lowest BCUT2D eigenvalue weighted by atomic mass is 9.81. The highest BCUT2D eigenvalue weighted by atomic mass is 35.5. The topological polar surface area (TPSA) is 118 Å². The number of ether oxygens (including phenoxy) is 4. The molecule has 0 N–H and O–H groups in total. The van der Waals surface area contributed by atoms with Crippen LogP contribution in [-0.4, -0.2) is 96.4 Å². The number of piperidine rings is 1. The first-order valence-electron chi connectivity index (χ1n) is 16.6. The molecule has 2 fully saturated rings.